The Bertz CT molecular complexity index is 382. The second kappa shape index (κ2) is 6.53. The smallest absolute Gasteiger partial charge is 0.211 e. The van der Waals surface area contributed by atoms with Crippen molar-refractivity contribution in [1.29, 1.82) is 0 Å². The van der Waals surface area contributed by atoms with E-state index >= 15 is 0 Å². The van der Waals surface area contributed by atoms with E-state index in [4.69, 9.17) is 4.42 Å². The van der Waals surface area contributed by atoms with Gasteiger partial charge in [-0.15, -0.1) is 0 Å². The Hall–Kier alpha value is -0.870. The summed E-state index contributed by atoms with van der Waals surface area (Å²) >= 11 is 0. The van der Waals surface area contributed by atoms with E-state index in [1.807, 2.05) is 6.92 Å². The van der Waals surface area contributed by atoms with Crippen LogP contribution < -0.4 is 5.32 Å². The van der Waals surface area contributed by atoms with Gasteiger partial charge in [0.15, 0.2) is 0 Å². The van der Waals surface area contributed by atoms with Gasteiger partial charge in [-0.3, -0.25) is 0 Å². The summed E-state index contributed by atoms with van der Waals surface area (Å²) in [6, 6.07) is 0.703. The van der Waals surface area contributed by atoms with Crippen LogP contribution in [-0.2, 0) is 0 Å². The lowest BCUT2D eigenvalue weighted by molar-refractivity contribution is 0.163. The summed E-state index contributed by atoms with van der Waals surface area (Å²) in [5.74, 6) is 2.45. The van der Waals surface area contributed by atoms with Crippen LogP contribution in [0, 0.1) is 12.8 Å². The number of nitrogens with one attached hydrogen (secondary N) is 1. The van der Waals surface area contributed by atoms with Crippen LogP contribution >= 0.6 is 0 Å². The van der Waals surface area contributed by atoms with Crippen LogP contribution in [0.25, 0.3) is 0 Å². The van der Waals surface area contributed by atoms with Gasteiger partial charge in [0.25, 0.3) is 0 Å². The number of likely N-dealkylation sites (tertiary alicyclic amines) is 1. The van der Waals surface area contributed by atoms with Gasteiger partial charge in [-0.1, -0.05) is 6.92 Å². The molecule has 0 aliphatic carbocycles. The van der Waals surface area contributed by atoms with Gasteiger partial charge in [-0.2, -0.15) is 0 Å². The van der Waals surface area contributed by atoms with Crippen LogP contribution in [0.4, 0.5) is 0 Å². The number of oxazole rings is 1. The van der Waals surface area contributed by atoms with E-state index in [1.165, 1.54) is 32.5 Å². The van der Waals surface area contributed by atoms with E-state index in [2.05, 4.69) is 36.0 Å². The third-order valence-electron chi connectivity index (χ3n) is 4.31. The number of hydrogen-bond acceptors (Lipinski definition) is 4. The molecule has 1 saturated heterocycles. The van der Waals surface area contributed by atoms with Crippen molar-refractivity contribution in [2.24, 2.45) is 5.92 Å². The minimum atomic E-state index is 0.188. The number of aryl methyl sites for hydroxylation is 1. The molecule has 1 aromatic heterocycles. The van der Waals surface area contributed by atoms with Crippen LogP contribution in [-0.4, -0.2) is 35.6 Å². The molecule has 0 amide bonds. The Morgan fingerprint density at radius 3 is 2.63 bits per heavy atom. The SMILES string of the molecule is CCN1CCC(C(C)NC(C)c2ncc(C)o2)CC1. The van der Waals surface area contributed by atoms with Gasteiger partial charge in [0.1, 0.15) is 5.76 Å². The molecule has 1 aliphatic rings. The summed E-state index contributed by atoms with van der Waals surface area (Å²) in [4.78, 5) is 6.83. The van der Waals surface area contributed by atoms with Gasteiger partial charge < -0.3 is 14.6 Å². The van der Waals surface area contributed by atoms with Gasteiger partial charge >= 0.3 is 0 Å². The molecule has 2 rings (SSSR count). The van der Waals surface area contributed by atoms with Crippen LogP contribution in [0.5, 0.6) is 0 Å². The van der Waals surface area contributed by atoms with E-state index in [1.54, 1.807) is 6.20 Å². The largest absolute Gasteiger partial charge is 0.444 e. The molecule has 2 heterocycles. The maximum Gasteiger partial charge on any atom is 0.211 e. The molecule has 0 radical (unpaired) electrons. The van der Waals surface area contributed by atoms with E-state index in [0.29, 0.717) is 6.04 Å². The average Bonchev–Trinajstić information content (AvgIpc) is 2.85. The summed E-state index contributed by atoms with van der Waals surface area (Å²) in [5.41, 5.74) is 0. The maximum atomic E-state index is 5.59. The summed E-state index contributed by atoms with van der Waals surface area (Å²) in [6.07, 6.45) is 4.37. The Balaban J connectivity index is 1.82. The average molecular weight is 265 g/mol. The molecular formula is C15H27N3O. The molecule has 0 aromatic carbocycles. The number of piperidine rings is 1. The van der Waals surface area contributed by atoms with Crippen LogP contribution in [0.3, 0.4) is 0 Å². The molecule has 1 N–H and O–H groups in total. The zero-order chi connectivity index (χ0) is 13.8. The Morgan fingerprint density at radius 2 is 2.11 bits per heavy atom. The van der Waals surface area contributed by atoms with Gasteiger partial charge in [0.05, 0.1) is 12.2 Å². The zero-order valence-corrected chi connectivity index (χ0v) is 12.6. The van der Waals surface area contributed by atoms with Crippen molar-refractivity contribution in [3.63, 3.8) is 0 Å². The first-order valence-corrected chi connectivity index (χ1v) is 7.51. The van der Waals surface area contributed by atoms with E-state index < -0.39 is 0 Å². The van der Waals surface area contributed by atoms with Crippen molar-refractivity contribution < 1.29 is 4.42 Å². The molecule has 1 fully saturated rings. The quantitative estimate of drug-likeness (QED) is 0.889. The first-order valence-electron chi connectivity index (χ1n) is 7.51. The third-order valence-corrected chi connectivity index (χ3v) is 4.31. The number of nitrogens with zero attached hydrogens (tertiary/aromatic N) is 2. The van der Waals surface area contributed by atoms with Crippen molar-refractivity contribution in [1.82, 2.24) is 15.2 Å². The van der Waals surface area contributed by atoms with Crippen LogP contribution in [0.1, 0.15) is 51.3 Å². The molecule has 19 heavy (non-hydrogen) atoms. The number of rotatable bonds is 5. The van der Waals surface area contributed by atoms with Crippen LogP contribution in [0.2, 0.25) is 0 Å². The lowest BCUT2D eigenvalue weighted by atomic mass is 9.90. The van der Waals surface area contributed by atoms with Gasteiger partial charge in [0, 0.05) is 6.04 Å². The van der Waals surface area contributed by atoms with E-state index in [9.17, 15) is 0 Å². The highest BCUT2D eigenvalue weighted by molar-refractivity contribution is 4.96. The number of hydrogen-bond donors (Lipinski definition) is 1. The third kappa shape index (κ3) is 3.80. The van der Waals surface area contributed by atoms with Crippen molar-refractivity contribution in [3.05, 3.63) is 17.8 Å². The van der Waals surface area contributed by atoms with E-state index in [-0.39, 0.29) is 6.04 Å². The molecule has 4 heteroatoms. The first kappa shape index (κ1) is 14.5. The molecule has 0 bridgehead atoms. The Kier molecular flexibility index (Phi) is 4.99. The summed E-state index contributed by atoms with van der Waals surface area (Å²) in [5, 5.41) is 3.64. The molecule has 4 nitrogen and oxygen atoms in total. The fourth-order valence-electron chi connectivity index (χ4n) is 2.94. The van der Waals surface area contributed by atoms with Crippen molar-refractivity contribution in [2.75, 3.05) is 19.6 Å². The van der Waals surface area contributed by atoms with E-state index in [0.717, 1.165) is 17.6 Å². The highest BCUT2D eigenvalue weighted by Gasteiger charge is 2.25. The Morgan fingerprint density at radius 1 is 1.42 bits per heavy atom. The Labute approximate surface area is 116 Å². The normalized spacial score (nSPS) is 21.5. The minimum Gasteiger partial charge on any atom is -0.444 e. The van der Waals surface area contributed by atoms with Gasteiger partial charge in [0.2, 0.25) is 5.89 Å². The summed E-state index contributed by atoms with van der Waals surface area (Å²) in [7, 11) is 0. The predicted octanol–water partition coefficient (Wildman–Crippen LogP) is 2.75. The fraction of sp³-hybridized carbons (Fsp3) is 0.800. The van der Waals surface area contributed by atoms with Crippen molar-refractivity contribution in [2.45, 2.75) is 52.6 Å². The second-order valence-corrected chi connectivity index (χ2v) is 5.76. The van der Waals surface area contributed by atoms with Crippen LogP contribution in [0.15, 0.2) is 10.6 Å². The molecule has 1 aromatic rings. The highest BCUT2D eigenvalue weighted by Crippen LogP contribution is 2.22. The lowest BCUT2D eigenvalue weighted by Crippen LogP contribution is -2.42. The summed E-state index contributed by atoms with van der Waals surface area (Å²) in [6.45, 7) is 12.3. The fourth-order valence-corrected chi connectivity index (χ4v) is 2.94. The van der Waals surface area contributed by atoms with Gasteiger partial charge in [-0.25, -0.2) is 4.98 Å². The molecule has 2 atom stereocenters. The van der Waals surface area contributed by atoms with Gasteiger partial charge in [-0.05, 0) is 59.2 Å². The highest BCUT2D eigenvalue weighted by atomic mass is 16.4. The molecular weight excluding hydrogens is 238 g/mol. The molecule has 108 valence electrons. The maximum absolute atomic E-state index is 5.59. The minimum absolute atomic E-state index is 0.188. The molecule has 1 aliphatic heterocycles. The lowest BCUT2D eigenvalue weighted by Gasteiger charge is -2.35. The molecule has 0 saturated carbocycles. The summed E-state index contributed by atoms with van der Waals surface area (Å²) < 4.78 is 5.59. The zero-order valence-electron chi connectivity index (χ0n) is 12.6. The first-order chi connectivity index (χ1) is 9.10. The second-order valence-electron chi connectivity index (χ2n) is 5.76. The predicted molar refractivity (Wildman–Crippen MR) is 77.1 cm³/mol. The van der Waals surface area contributed by atoms with Crippen molar-refractivity contribution >= 4 is 0 Å². The molecule has 2 unspecified atom stereocenters. The number of aromatic nitrogens is 1. The topological polar surface area (TPSA) is 41.3 Å². The monoisotopic (exact) mass is 265 g/mol. The molecule has 0 spiro atoms. The van der Waals surface area contributed by atoms with Crippen molar-refractivity contribution in [3.8, 4) is 0 Å². The standard InChI is InChI=1S/C15H27N3O/c1-5-18-8-6-14(7-9-18)12(3)17-13(4)15-16-10-11(2)19-15/h10,12-14,17H,5-9H2,1-4H3.